The molecule has 1 aromatic carbocycles. The Kier molecular flexibility index (Phi) is 5.17. The lowest BCUT2D eigenvalue weighted by atomic mass is 10.1. The molecule has 3 N–H and O–H groups in total. The van der Waals surface area contributed by atoms with Crippen molar-refractivity contribution in [1.82, 2.24) is 5.32 Å². The fourth-order valence-electron chi connectivity index (χ4n) is 1.45. The molecule has 1 aromatic rings. The molecule has 1 rings (SSSR count). The topological polar surface area (TPSA) is 69.6 Å². The number of benzene rings is 1. The molecule has 19 heavy (non-hydrogen) atoms. The van der Waals surface area contributed by atoms with Crippen LogP contribution >= 0.6 is 0 Å². The summed E-state index contributed by atoms with van der Waals surface area (Å²) in [5.74, 6) is -7.23. The van der Waals surface area contributed by atoms with Gasteiger partial charge in [-0.05, 0) is 25.8 Å². The summed E-state index contributed by atoms with van der Waals surface area (Å²) in [4.78, 5) is 11.5. The molecule has 4 nitrogen and oxygen atoms in total. The second kappa shape index (κ2) is 6.42. The number of nitrogens with one attached hydrogen (secondary N) is 1. The molecule has 7 heteroatoms. The first-order valence-electron chi connectivity index (χ1n) is 5.67. The van der Waals surface area contributed by atoms with Crippen LogP contribution in [0.2, 0.25) is 0 Å². The minimum Gasteiger partial charge on any atom is -0.503 e. The van der Waals surface area contributed by atoms with Gasteiger partial charge in [0.2, 0.25) is 5.82 Å². The quantitative estimate of drug-likeness (QED) is 0.567. The van der Waals surface area contributed by atoms with Crippen LogP contribution in [0.5, 0.6) is 5.75 Å². The van der Waals surface area contributed by atoms with Crippen molar-refractivity contribution in [1.29, 1.82) is 0 Å². The molecule has 1 amide bonds. The van der Waals surface area contributed by atoms with Crippen molar-refractivity contribution in [3.05, 3.63) is 29.1 Å². The van der Waals surface area contributed by atoms with Crippen LogP contribution in [-0.4, -0.2) is 28.8 Å². The van der Waals surface area contributed by atoms with E-state index < -0.39 is 40.8 Å². The molecule has 0 spiro atoms. The number of halogens is 3. The molecule has 0 aliphatic heterocycles. The van der Waals surface area contributed by atoms with E-state index in [1.807, 2.05) is 0 Å². The summed E-state index contributed by atoms with van der Waals surface area (Å²) in [5.41, 5.74) is -0.770. The maximum absolute atomic E-state index is 13.4. The average molecular weight is 277 g/mol. The third kappa shape index (κ3) is 3.85. The summed E-state index contributed by atoms with van der Waals surface area (Å²) >= 11 is 0. The second-order valence-electron chi connectivity index (χ2n) is 4.13. The first-order valence-corrected chi connectivity index (χ1v) is 5.67. The van der Waals surface area contributed by atoms with Crippen LogP contribution in [-0.2, 0) is 0 Å². The zero-order chi connectivity index (χ0) is 14.6. The van der Waals surface area contributed by atoms with E-state index in [2.05, 4.69) is 5.32 Å². The lowest BCUT2D eigenvalue weighted by molar-refractivity contribution is 0.0944. The fraction of sp³-hybridized carbons (Fsp3) is 0.417. The van der Waals surface area contributed by atoms with E-state index in [-0.39, 0.29) is 6.54 Å². The van der Waals surface area contributed by atoms with Crippen LogP contribution in [0.25, 0.3) is 0 Å². The van der Waals surface area contributed by atoms with E-state index in [9.17, 15) is 18.0 Å². The number of aliphatic hydroxyl groups is 1. The Morgan fingerprint density at radius 1 is 1.37 bits per heavy atom. The third-order valence-corrected chi connectivity index (χ3v) is 2.46. The normalized spacial score (nSPS) is 12.3. The van der Waals surface area contributed by atoms with Gasteiger partial charge in [0.25, 0.3) is 5.91 Å². The lowest BCUT2D eigenvalue weighted by Crippen LogP contribution is -2.26. The SMILES string of the molecule is CC(O)CCCNC(=O)c1cc(F)c(F)c(O)c1F. The average Bonchev–Trinajstić information content (AvgIpc) is 2.36. The van der Waals surface area contributed by atoms with E-state index >= 15 is 0 Å². The molecule has 1 atom stereocenters. The molecule has 0 aliphatic carbocycles. The Bertz CT molecular complexity index is 478. The molecule has 106 valence electrons. The van der Waals surface area contributed by atoms with Gasteiger partial charge in [-0.3, -0.25) is 4.79 Å². The molecule has 0 radical (unpaired) electrons. The molecule has 0 aromatic heterocycles. The van der Waals surface area contributed by atoms with E-state index in [4.69, 9.17) is 10.2 Å². The molecule has 0 saturated heterocycles. The number of amides is 1. The highest BCUT2D eigenvalue weighted by Gasteiger charge is 2.22. The maximum atomic E-state index is 13.4. The first kappa shape index (κ1) is 15.3. The third-order valence-electron chi connectivity index (χ3n) is 2.46. The molecule has 0 bridgehead atoms. The van der Waals surface area contributed by atoms with Gasteiger partial charge < -0.3 is 15.5 Å². The number of hydrogen-bond donors (Lipinski definition) is 3. The molecular weight excluding hydrogens is 263 g/mol. The van der Waals surface area contributed by atoms with Crippen LogP contribution in [0.1, 0.15) is 30.1 Å². The van der Waals surface area contributed by atoms with Gasteiger partial charge >= 0.3 is 0 Å². The highest BCUT2D eigenvalue weighted by Crippen LogP contribution is 2.25. The predicted octanol–water partition coefficient (Wildman–Crippen LogP) is 1.70. The largest absolute Gasteiger partial charge is 0.503 e. The van der Waals surface area contributed by atoms with Crippen molar-refractivity contribution in [2.75, 3.05) is 6.54 Å². The molecule has 0 aliphatic rings. The van der Waals surface area contributed by atoms with Gasteiger partial charge in [0.15, 0.2) is 17.4 Å². The summed E-state index contributed by atoms with van der Waals surface area (Å²) in [6, 6.07) is 0.383. The maximum Gasteiger partial charge on any atom is 0.254 e. The van der Waals surface area contributed by atoms with Crippen LogP contribution < -0.4 is 5.32 Å². The minimum atomic E-state index is -1.73. The minimum absolute atomic E-state index is 0.142. The second-order valence-corrected chi connectivity index (χ2v) is 4.13. The van der Waals surface area contributed by atoms with E-state index in [0.717, 1.165) is 0 Å². The van der Waals surface area contributed by atoms with Crippen LogP contribution in [0.15, 0.2) is 6.07 Å². The van der Waals surface area contributed by atoms with Crippen LogP contribution in [0.4, 0.5) is 13.2 Å². The molecule has 0 saturated carbocycles. The van der Waals surface area contributed by atoms with Crippen molar-refractivity contribution in [3.8, 4) is 5.75 Å². The zero-order valence-electron chi connectivity index (χ0n) is 10.2. The van der Waals surface area contributed by atoms with Gasteiger partial charge in [-0.25, -0.2) is 8.78 Å². The fourth-order valence-corrected chi connectivity index (χ4v) is 1.45. The summed E-state index contributed by atoms with van der Waals surface area (Å²) in [7, 11) is 0. The Balaban J connectivity index is 2.73. The molecule has 0 fully saturated rings. The van der Waals surface area contributed by atoms with Gasteiger partial charge in [0.05, 0.1) is 11.7 Å². The van der Waals surface area contributed by atoms with Crippen molar-refractivity contribution >= 4 is 5.91 Å². The predicted molar refractivity (Wildman–Crippen MR) is 61.2 cm³/mol. The summed E-state index contributed by atoms with van der Waals surface area (Å²) < 4.78 is 39.1. The number of aliphatic hydroxyl groups excluding tert-OH is 1. The van der Waals surface area contributed by atoms with Gasteiger partial charge in [-0.2, -0.15) is 4.39 Å². The van der Waals surface area contributed by atoms with Crippen molar-refractivity contribution in [3.63, 3.8) is 0 Å². The van der Waals surface area contributed by atoms with Gasteiger partial charge in [0, 0.05) is 6.54 Å². The Labute approximate surface area is 107 Å². The van der Waals surface area contributed by atoms with Crippen molar-refractivity contribution in [2.24, 2.45) is 0 Å². The van der Waals surface area contributed by atoms with Crippen molar-refractivity contribution in [2.45, 2.75) is 25.9 Å². The number of phenolic OH excluding ortho intramolecular Hbond substituents is 1. The Morgan fingerprint density at radius 2 is 2.00 bits per heavy atom. The number of hydrogen-bond acceptors (Lipinski definition) is 3. The number of carbonyl (C=O) groups is 1. The van der Waals surface area contributed by atoms with Crippen LogP contribution in [0.3, 0.4) is 0 Å². The molecule has 1 unspecified atom stereocenters. The standard InChI is InChI=1S/C12H14F3NO3/c1-6(17)3-2-4-16-12(19)7-5-8(13)10(15)11(18)9(7)14/h5-6,17-18H,2-4H2,1H3,(H,16,19). The zero-order valence-corrected chi connectivity index (χ0v) is 10.2. The van der Waals surface area contributed by atoms with Crippen LogP contribution in [0, 0.1) is 17.5 Å². The van der Waals surface area contributed by atoms with Gasteiger partial charge in [0.1, 0.15) is 0 Å². The Morgan fingerprint density at radius 3 is 2.58 bits per heavy atom. The molecule has 0 heterocycles. The monoisotopic (exact) mass is 277 g/mol. The molecular formula is C12H14F3NO3. The number of aromatic hydroxyl groups is 1. The number of carbonyl (C=O) groups excluding carboxylic acids is 1. The van der Waals surface area contributed by atoms with Gasteiger partial charge in [-0.15, -0.1) is 0 Å². The number of phenols is 1. The number of rotatable bonds is 5. The van der Waals surface area contributed by atoms with E-state index in [1.54, 1.807) is 6.92 Å². The summed E-state index contributed by atoms with van der Waals surface area (Å²) in [6.07, 6.45) is 0.355. The first-order chi connectivity index (χ1) is 8.84. The highest BCUT2D eigenvalue weighted by atomic mass is 19.2. The van der Waals surface area contributed by atoms with E-state index in [1.165, 1.54) is 0 Å². The Hall–Kier alpha value is -1.76. The van der Waals surface area contributed by atoms with Gasteiger partial charge in [-0.1, -0.05) is 0 Å². The smallest absolute Gasteiger partial charge is 0.254 e. The summed E-state index contributed by atoms with van der Waals surface area (Å²) in [5, 5.41) is 20.2. The highest BCUT2D eigenvalue weighted by molar-refractivity contribution is 5.94. The van der Waals surface area contributed by atoms with E-state index in [0.29, 0.717) is 18.9 Å². The van der Waals surface area contributed by atoms with Crippen molar-refractivity contribution < 1.29 is 28.2 Å². The lowest BCUT2D eigenvalue weighted by Gasteiger charge is -2.08. The summed E-state index contributed by atoms with van der Waals surface area (Å²) in [6.45, 7) is 1.72.